The summed E-state index contributed by atoms with van der Waals surface area (Å²) in [6.45, 7) is 6.31. The van der Waals surface area contributed by atoms with Gasteiger partial charge >= 0.3 is 12.4 Å². The van der Waals surface area contributed by atoms with Gasteiger partial charge in [-0.2, -0.15) is 4.99 Å². The first-order chi connectivity index (χ1) is 22.5. The summed E-state index contributed by atoms with van der Waals surface area (Å²) in [4.78, 5) is 35.0. The average Bonchev–Trinajstić information content (AvgIpc) is 3.54. The van der Waals surface area contributed by atoms with Gasteiger partial charge in [-0.1, -0.05) is 56.8 Å². The fourth-order valence-corrected chi connectivity index (χ4v) is 5.32. The minimum atomic E-state index is -4.77. The van der Waals surface area contributed by atoms with E-state index in [-0.39, 0.29) is 16.8 Å². The number of nitrogens with one attached hydrogen (secondary N) is 1. The number of methoxy groups -OCH3 is 1. The standard InChI is InChI=1S/C33H35F3N6O4S/c1-5-47-32(41(21-43)29-19-27(45-4)15-16-28(29)22(2)3)39-31(44)37-17-7-9-23-8-6-10-24(18-23)30-38-20-42(40-30)25-11-13-26(14-12-25)46-33(34,35)36/h6,8,10-16,18-22H,5,7,9,17H2,1-4H3,(H,37,44)/b39-32-. The quantitative estimate of drug-likeness (QED) is 0.0726. The SMILES string of the molecule is CCS/C(=N\C(=O)NCCCc1cccc(-c2ncn(-c3ccc(OC(F)(F)F)cc3)n2)c1)N(C=O)c1cc(OC)ccc1C(C)C. The van der Waals surface area contributed by atoms with E-state index >= 15 is 0 Å². The van der Waals surface area contributed by atoms with Crippen LogP contribution in [0.1, 0.15) is 44.2 Å². The molecule has 0 fully saturated rings. The Morgan fingerprint density at radius 2 is 1.85 bits per heavy atom. The zero-order valence-corrected chi connectivity index (χ0v) is 27.1. The van der Waals surface area contributed by atoms with E-state index in [1.807, 2.05) is 57.2 Å². The number of ether oxygens (including phenoxy) is 2. The molecule has 1 N–H and O–H groups in total. The lowest BCUT2D eigenvalue weighted by Crippen LogP contribution is -2.31. The fourth-order valence-electron chi connectivity index (χ4n) is 4.64. The number of nitrogens with zero attached hydrogens (tertiary/aromatic N) is 5. The van der Waals surface area contributed by atoms with Gasteiger partial charge in [-0.05, 0) is 72.0 Å². The maximum atomic E-state index is 12.8. The van der Waals surface area contributed by atoms with Crippen LogP contribution in [0.2, 0.25) is 0 Å². The third-order valence-corrected chi connectivity index (χ3v) is 7.67. The van der Waals surface area contributed by atoms with Crippen molar-refractivity contribution in [1.29, 1.82) is 0 Å². The smallest absolute Gasteiger partial charge is 0.497 e. The number of alkyl halides is 3. The van der Waals surface area contributed by atoms with E-state index in [4.69, 9.17) is 4.74 Å². The maximum Gasteiger partial charge on any atom is 0.573 e. The zero-order chi connectivity index (χ0) is 34.0. The molecule has 47 heavy (non-hydrogen) atoms. The number of anilines is 1. The molecule has 0 aliphatic rings. The number of halogens is 3. The van der Waals surface area contributed by atoms with Crippen molar-refractivity contribution in [2.45, 2.75) is 45.9 Å². The van der Waals surface area contributed by atoms with Gasteiger partial charge in [0.05, 0.1) is 18.5 Å². The molecule has 3 amide bonds. The van der Waals surface area contributed by atoms with Crippen molar-refractivity contribution >= 4 is 35.1 Å². The molecular formula is C33H35F3N6O4S. The van der Waals surface area contributed by atoms with Crippen LogP contribution in [0, 0.1) is 0 Å². The predicted octanol–water partition coefficient (Wildman–Crippen LogP) is 7.38. The molecule has 0 unspecified atom stereocenters. The second kappa shape index (κ2) is 16.1. The van der Waals surface area contributed by atoms with Crippen molar-refractivity contribution < 1.29 is 32.2 Å². The number of aromatic nitrogens is 3. The van der Waals surface area contributed by atoms with Gasteiger partial charge < -0.3 is 14.8 Å². The summed E-state index contributed by atoms with van der Waals surface area (Å²) in [6, 6.07) is 17.9. The second-order valence-electron chi connectivity index (χ2n) is 10.5. The molecule has 0 saturated carbocycles. The fraction of sp³-hybridized carbons (Fsp3) is 0.303. The average molecular weight is 669 g/mol. The Morgan fingerprint density at radius 3 is 2.51 bits per heavy atom. The summed E-state index contributed by atoms with van der Waals surface area (Å²) in [5.41, 5.74) is 3.81. The molecule has 0 bridgehead atoms. The molecule has 4 rings (SSSR count). The van der Waals surface area contributed by atoms with E-state index in [1.54, 1.807) is 13.2 Å². The van der Waals surface area contributed by atoms with Gasteiger partial charge in [-0.25, -0.2) is 14.5 Å². The van der Waals surface area contributed by atoms with Crippen molar-refractivity contribution in [3.8, 4) is 28.6 Å². The number of aliphatic imine (C=N–C) groups is 1. The lowest BCUT2D eigenvalue weighted by molar-refractivity contribution is -0.274. The van der Waals surface area contributed by atoms with Crippen LogP contribution >= 0.6 is 11.8 Å². The van der Waals surface area contributed by atoms with Crippen LogP contribution in [0.3, 0.4) is 0 Å². The van der Waals surface area contributed by atoms with E-state index in [0.29, 0.717) is 54.5 Å². The molecule has 0 spiro atoms. The Kier molecular flexibility index (Phi) is 12.0. The highest BCUT2D eigenvalue weighted by Crippen LogP contribution is 2.32. The van der Waals surface area contributed by atoms with Gasteiger partial charge in [0.15, 0.2) is 11.0 Å². The second-order valence-corrected chi connectivity index (χ2v) is 11.7. The van der Waals surface area contributed by atoms with Crippen molar-refractivity contribution in [2.24, 2.45) is 4.99 Å². The largest absolute Gasteiger partial charge is 0.573 e. The van der Waals surface area contributed by atoms with Crippen LogP contribution in [0.5, 0.6) is 11.5 Å². The monoisotopic (exact) mass is 668 g/mol. The minimum absolute atomic E-state index is 0.118. The van der Waals surface area contributed by atoms with Gasteiger partial charge in [0, 0.05) is 18.2 Å². The van der Waals surface area contributed by atoms with E-state index < -0.39 is 12.4 Å². The molecule has 3 aromatic carbocycles. The first-order valence-corrected chi connectivity index (χ1v) is 15.8. The van der Waals surface area contributed by atoms with Gasteiger partial charge in [0.1, 0.15) is 17.8 Å². The van der Waals surface area contributed by atoms with E-state index in [0.717, 1.165) is 16.7 Å². The molecule has 0 aliphatic heterocycles. The highest BCUT2D eigenvalue weighted by atomic mass is 32.2. The molecule has 10 nitrogen and oxygen atoms in total. The van der Waals surface area contributed by atoms with Crippen molar-refractivity contribution in [1.82, 2.24) is 20.1 Å². The van der Waals surface area contributed by atoms with Crippen molar-refractivity contribution in [3.63, 3.8) is 0 Å². The number of aryl methyl sites for hydroxylation is 1. The molecular weight excluding hydrogens is 633 g/mol. The third-order valence-electron chi connectivity index (χ3n) is 6.83. The van der Waals surface area contributed by atoms with Gasteiger partial charge in [-0.15, -0.1) is 18.3 Å². The highest BCUT2D eigenvalue weighted by molar-refractivity contribution is 8.14. The summed E-state index contributed by atoms with van der Waals surface area (Å²) in [5.74, 6) is 1.43. The van der Waals surface area contributed by atoms with Crippen LogP contribution < -0.4 is 19.7 Å². The summed E-state index contributed by atoms with van der Waals surface area (Å²) in [6.07, 6.45) is -1.35. The molecule has 0 radical (unpaired) electrons. The number of amides is 3. The number of thioether (sulfide) groups is 1. The lowest BCUT2D eigenvalue weighted by atomic mass is 10.0. The Morgan fingerprint density at radius 1 is 1.11 bits per heavy atom. The summed E-state index contributed by atoms with van der Waals surface area (Å²) in [5, 5.41) is 7.53. The molecule has 0 saturated heterocycles. The number of carbonyl (C=O) groups excluding carboxylic acids is 2. The predicted molar refractivity (Wildman–Crippen MR) is 176 cm³/mol. The highest BCUT2D eigenvalue weighted by Gasteiger charge is 2.31. The first kappa shape index (κ1) is 35.0. The number of hydrogen-bond donors (Lipinski definition) is 1. The van der Waals surface area contributed by atoms with Crippen molar-refractivity contribution in [2.75, 3.05) is 24.3 Å². The summed E-state index contributed by atoms with van der Waals surface area (Å²) < 4.78 is 48.1. The van der Waals surface area contributed by atoms with Crippen LogP contribution in [-0.4, -0.2) is 58.1 Å². The number of carbonyl (C=O) groups is 2. The Labute approximate surface area is 275 Å². The van der Waals surface area contributed by atoms with E-state index in [1.165, 1.54) is 51.9 Å². The number of benzene rings is 3. The van der Waals surface area contributed by atoms with Crippen LogP contribution in [0.4, 0.5) is 23.7 Å². The van der Waals surface area contributed by atoms with E-state index in [9.17, 15) is 22.8 Å². The molecule has 14 heteroatoms. The first-order valence-electron chi connectivity index (χ1n) is 14.8. The number of hydrogen-bond acceptors (Lipinski definition) is 7. The number of amidine groups is 1. The molecule has 1 heterocycles. The summed E-state index contributed by atoms with van der Waals surface area (Å²) in [7, 11) is 1.55. The minimum Gasteiger partial charge on any atom is -0.497 e. The third kappa shape index (κ3) is 9.82. The van der Waals surface area contributed by atoms with Crippen LogP contribution in [0.25, 0.3) is 17.1 Å². The van der Waals surface area contributed by atoms with Crippen LogP contribution in [0.15, 0.2) is 78.0 Å². The van der Waals surface area contributed by atoms with Gasteiger partial charge in [0.25, 0.3) is 0 Å². The zero-order valence-electron chi connectivity index (χ0n) is 26.3. The molecule has 248 valence electrons. The Balaban J connectivity index is 1.37. The number of rotatable bonds is 12. The van der Waals surface area contributed by atoms with Gasteiger partial charge in [-0.3, -0.25) is 9.69 Å². The summed E-state index contributed by atoms with van der Waals surface area (Å²) >= 11 is 1.29. The van der Waals surface area contributed by atoms with Gasteiger partial charge in [0.2, 0.25) is 6.41 Å². The topological polar surface area (TPSA) is 111 Å². The maximum absolute atomic E-state index is 12.8. The molecule has 0 atom stereocenters. The molecule has 4 aromatic rings. The lowest BCUT2D eigenvalue weighted by Gasteiger charge is -2.23. The van der Waals surface area contributed by atoms with Crippen LogP contribution in [-0.2, 0) is 11.2 Å². The number of urea groups is 1. The van der Waals surface area contributed by atoms with E-state index in [2.05, 4.69) is 25.1 Å². The Hall–Kier alpha value is -4.85. The van der Waals surface area contributed by atoms with Crippen molar-refractivity contribution in [3.05, 3.63) is 84.2 Å². The Bertz CT molecular complexity index is 1690. The molecule has 1 aromatic heterocycles. The molecule has 0 aliphatic carbocycles. The normalized spacial score (nSPS) is 11.8.